The van der Waals surface area contributed by atoms with Crippen LogP contribution >= 0.6 is 15.6 Å². The van der Waals surface area contributed by atoms with Gasteiger partial charge in [-0.25, -0.2) is 9.13 Å². The highest BCUT2D eigenvalue weighted by atomic mass is 31.2. The van der Waals surface area contributed by atoms with Gasteiger partial charge in [-0.15, -0.1) is 0 Å². The molecular weight excluding hydrogens is 1290 g/mol. The molecule has 2 unspecified atom stereocenters. The van der Waals surface area contributed by atoms with Gasteiger partial charge in [0.2, 0.25) is 0 Å². The molecule has 0 aromatic carbocycles. The molecule has 3 N–H and O–H groups in total. The van der Waals surface area contributed by atoms with Crippen LogP contribution in [0.15, 0.2) is 0 Å². The van der Waals surface area contributed by atoms with Crippen molar-refractivity contribution >= 4 is 39.5 Å². The number of phosphoric acid groups is 2. The van der Waals surface area contributed by atoms with E-state index in [4.69, 9.17) is 37.0 Å². The summed E-state index contributed by atoms with van der Waals surface area (Å²) in [6.07, 6.45) is 60.9. The van der Waals surface area contributed by atoms with Gasteiger partial charge in [0, 0.05) is 25.7 Å². The van der Waals surface area contributed by atoms with Crippen molar-refractivity contribution in [3.8, 4) is 0 Å². The number of aliphatic hydroxyl groups excluding tert-OH is 1. The summed E-state index contributed by atoms with van der Waals surface area (Å²) < 4.78 is 68.7. The van der Waals surface area contributed by atoms with Crippen LogP contribution in [0.5, 0.6) is 0 Å². The van der Waals surface area contributed by atoms with Gasteiger partial charge in [0.05, 0.1) is 26.4 Å². The van der Waals surface area contributed by atoms with E-state index >= 15 is 0 Å². The molecule has 0 aromatic rings. The molecule has 0 aliphatic carbocycles. The summed E-state index contributed by atoms with van der Waals surface area (Å²) >= 11 is 0. The van der Waals surface area contributed by atoms with Crippen LogP contribution < -0.4 is 0 Å². The molecule has 19 heteroatoms. The molecule has 0 aliphatic rings. The maximum Gasteiger partial charge on any atom is 0.472 e. The molecule has 0 aliphatic heterocycles. The Morgan fingerprint density at radius 1 is 0.273 bits per heavy atom. The van der Waals surface area contributed by atoms with E-state index in [0.29, 0.717) is 25.7 Å². The summed E-state index contributed by atoms with van der Waals surface area (Å²) in [4.78, 5) is 73.0. The maximum atomic E-state index is 13.1. The molecule has 0 rings (SSSR count). The van der Waals surface area contributed by atoms with E-state index in [1.165, 1.54) is 238 Å². The lowest BCUT2D eigenvalue weighted by atomic mass is 10.0. The van der Waals surface area contributed by atoms with Crippen molar-refractivity contribution in [1.82, 2.24) is 0 Å². The Kier molecular flexibility index (Phi) is 70.3. The van der Waals surface area contributed by atoms with Crippen LogP contribution in [0.1, 0.15) is 420 Å². The van der Waals surface area contributed by atoms with Gasteiger partial charge in [0.15, 0.2) is 12.2 Å². The van der Waals surface area contributed by atoms with Gasteiger partial charge >= 0.3 is 39.5 Å². The van der Waals surface area contributed by atoms with E-state index in [1.807, 2.05) is 0 Å². The molecule has 0 bridgehead atoms. The van der Waals surface area contributed by atoms with Crippen LogP contribution in [0.25, 0.3) is 0 Å². The first-order chi connectivity index (χ1) is 47.9. The van der Waals surface area contributed by atoms with Gasteiger partial charge in [-0.2, -0.15) is 0 Å². The lowest BCUT2D eigenvalue weighted by Gasteiger charge is -2.21. The third kappa shape index (κ3) is 74.1. The number of carbonyl (C=O) groups is 4. The van der Waals surface area contributed by atoms with Crippen molar-refractivity contribution in [1.29, 1.82) is 0 Å². The first-order valence-corrected chi connectivity index (χ1v) is 44.5. The quantitative estimate of drug-likeness (QED) is 0.0222. The fourth-order valence-corrected chi connectivity index (χ4v) is 13.9. The number of unbranched alkanes of at least 4 members (excludes halogenated alkanes) is 49. The molecule has 588 valence electrons. The number of aliphatic hydroxyl groups is 1. The Hall–Kier alpha value is -1.94. The zero-order valence-electron chi connectivity index (χ0n) is 64.8. The largest absolute Gasteiger partial charge is 0.472 e. The van der Waals surface area contributed by atoms with Crippen molar-refractivity contribution in [2.24, 2.45) is 11.8 Å². The van der Waals surface area contributed by atoms with Crippen molar-refractivity contribution in [3.63, 3.8) is 0 Å². The van der Waals surface area contributed by atoms with Gasteiger partial charge in [0.25, 0.3) is 0 Å². The summed E-state index contributed by atoms with van der Waals surface area (Å²) in [5.41, 5.74) is 0. The van der Waals surface area contributed by atoms with Crippen LogP contribution in [0, 0.1) is 11.8 Å². The summed E-state index contributed by atoms with van der Waals surface area (Å²) in [6, 6.07) is 0. The molecule has 17 nitrogen and oxygen atoms in total. The molecule has 0 spiro atoms. The Labute approximate surface area is 607 Å². The molecule has 0 saturated heterocycles. The van der Waals surface area contributed by atoms with Crippen LogP contribution in [-0.4, -0.2) is 96.7 Å². The fraction of sp³-hybridized carbons (Fsp3) is 0.950. The van der Waals surface area contributed by atoms with Gasteiger partial charge in [-0.05, 0) is 37.5 Å². The van der Waals surface area contributed by atoms with Gasteiger partial charge in [-0.1, -0.05) is 369 Å². The third-order valence-electron chi connectivity index (χ3n) is 18.7. The summed E-state index contributed by atoms with van der Waals surface area (Å²) in [7, 11) is -9.92. The normalized spacial score (nSPS) is 13.9. The van der Waals surface area contributed by atoms with E-state index in [-0.39, 0.29) is 25.7 Å². The van der Waals surface area contributed by atoms with Crippen LogP contribution in [-0.2, 0) is 65.4 Å². The first-order valence-electron chi connectivity index (χ1n) is 41.5. The summed E-state index contributed by atoms with van der Waals surface area (Å²) in [5.74, 6) is -0.517. The third-order valence-corrected chi connectivity index (χ3v) is 20.6. The molecule has 0 fully saturated rings. The molecule has 0 heterocycles. The Bertz CT molecular complexity index is 1910. The number of rotatable bonds is 79. The topological polar surface area (TPSA) is 237 Å². The number of ether oxygens (including phenoxy) is 4. The lowest BCUT2D eigenvalue weighted by Crippen LogP contribution is -2.30. The highest BCUT2D eigenvalue weighted by Crippen LogP contribution is 2.45. The maximum absolute atomic E-state index is 13.1. The highest BCUT2D eigenvalue weighted by Gasteiger charge is 2.30. The minimum absolute atomic E-state index is 0.108. The van der Waals surface area contributed by atoms with Gasteiger partial charge < -0.3 is 33.8 Å². The van der Waals surface area contributed by atoms with E-state index in [9.17, 15) is 43.2 Å². The predicted octanol–water partition coefficient (Wildman–Crippen LogP) is 23.9. The van der Waals surface area contributed by atoms with Crippen LogP contribution in [0.2, 0.25) is 0 Å². The minimum atomic E-state index is -4.96. The minimum Gasteiger partial charge on any atom is -0.462 e. The standard InChI is InChI=1S/C80H156O17P2/c1-7-9-11-13-15-17-19-20-23-27-34-40-46-52-58-64-79(84)96-75(68-90-77(82)62-56-50-44-38-18-16-14-12-10-8-2)70-94-98(86,87)92-66-74(81)67-93-99(88,89)95-71-76(69-91-78(83)63-57-51-45-39-33-30-29-32-37-43-49-55-61-73(5)6)97-80(85)65-59-53-47-41-35-28-25-22-21-24-26-31-36-42-48-54-60-72(3)4/h72-76,81H,7-71H2,1-6H3,(H,86,87)(H,88,89)/t74-,75+,76+/m0/s1. The van der Waals surface area contributed by atoms with Crippen LogP contribution in [0.4, 0.5) is 0 Å². The zero-order valence-corrected chi connectivity index (χ0v) is 66.6. The van der Waals surface area contributed by atoms with Gasteiger partial charge in [-0.3, -0.25) is 37.3 Å². The van der Waals surface area contributed by atoms with Crippen molar-refractivity contribution in [3.05, 3.63) is 0 Å². The lowest BCUT2D eigenvalue weighted by molar-refractivity contribution is -0.161. The SMILES string of the molecule is CCCCCCCCCCCCCCCCCC(=O)O[C@H](COC(=O)CCCCCCCCCCCC)COP(=O)(O)OC[C@H](O)COP(=O)(O)OC[C@@H](COC(=O)CCCCCCCCCCCCCCC(C)C)OC(=O)CCCCCCCCCCCCCCCCCCC(C)C. The predicted molar refractivity (Wildman–Crippen MR) is 405 cm³/mol. The first kappa shape index (κ1) is 97.1. The van der Waals surface area contributed by atoms with E-state index < -0.39 is 97.5 Å². The second kappa shape index (κ2) is 71.7. The van der Waals surface area contributed by atoms with E-state index in [0.717, 1.165) is 102 Å². The number of esters is 4. The molecule has 5 atom stereocenters. The molecule has 0 aromatic heterocycles. The Balaban J connectivity index is 5.24. The molecule has 0 saturated carbocycles. The molecule has 0 amide bonds. The average molecular weight is 1450 g/mol. The highest BCUT2D eigenvalue weighted by molar-refractivity contribution is 7.47. The fourth-order valence-electron chi connectivity index (χ4n) is 12.4. The van der Waals surface area contributed by atoms with Gasteiger partial charge in [0.1, 0.15) is 19.3 Å². The zero-order chi connectivity index (χ0) is 72.8. The Morgan fingerprint density at radius 3 is 0.687 bits per heavy atom. The summed E-state index contributed by atoms with van der Waals surface area (Å²) in [5, 5.41) is 10.6. The van der Waals surface area contributed by atoms with E-state index in [2.05, 4.69) is 41.5 Å². The van der Waals surface area contributed by atoms with Crippen LogP contribution in [0.3, 0.4) is 0 Å². The smallest absolute Gasteiger partial charge is 0.462 e. The van der Waals surface area contributed by atoms with Crippen molar-refractivity contribution in [2.45, 2.75) is 439 Å². The number of hydrogen-bond donors (Lipinski definition) is 3. The van der Waals surface area contributed by atoms with Crippen molar-refractivity contribution in [2.75, 3.05) is 39.6 Å². The number of carbonyl (C=O) groups excluding carboxylic acids is 4. The second-order valence-electron chi connectivity index (χ2n) is 29.8. The average Bonchev–Trinajstić information content (AvgIpc) is 0.961. The van der Waals surface area contributed by atoms with E-state index in [1.54, 1.807) is 0 Å². The monoisotopic (exact) mass is 1450 g/mol. The number of hydrogen-bond acceptors (Lipinski definition) is 15. The molecule has 0 radical (unpaired) electrons. The second-order valence-corrected chi connectivity index (χ2v) is 32.7. The summed E-state index contributed by atoms with van der Waals surface area (Å²) in [6.45, 7) is 9.67. The molecule has 99 heavy (non-hydrogen) atoms. The van der Waals surface area contributed by atoms with Crippen molar-refractivity contribution < 1.29 is 80.2 Å². The number of phosphoric ester groups is 2. The Morgan fingerprint density at radius 2 is 0.465 bits per heavy atom. The molecular formula is C80H156O17P2.